The van der Waals surface area contributed by atoms with E-state index < -0.39 is 5.82 Å². The molecule has 0 aliphatic carbocycles. The van der Waals surface area contributed by atoms with Crippen molar-refractivity contribution in [2.75, 3.05) is 10.2 Å². The van der Waals surface area contributed by atoms with Gasteiger partial charge in [-0.2, -0.15) is 0 Å². The third-order valence-corrected chi connectivity index (χ3v) is 4.23. The summed E-state index contributed by atoms with van der Waals surface area (Å²) in [7, 11) is 0. The minimum atomic E-state index is -0.445. The maximum Gasteiger partial charge on any atom is 0.256 e. The molecule has 0 bridgehead atoms. The first-order chi connectivity index (χ1) is 13.0. The monoisotopic (exact) mass is 363 g/mol. The summed E-state index contributed by atoms with van der Waals surface area (Å²) < 4.78 is 13.3. The van der Waals surface area contributed by atoms with Crippen LogP contribution in [0.5, 0.6) is 0 Å². The smallest absolute Gasteiger partial charge is 0.256 e. The predicted molar refractivity (Wildman–Crippen MR) is 106 cm³/mol. The van der Waals surface area contributed by atoms with Gasteiger partial charge in [0.1, 0.15) is 11.6 Å². The molecule has 1 N–H and O–H groups in total. The van der Waals surface area contributed by atoms with Crippen molar-refractivity contribution in [3.8, 4) is 0 Å². The Balaban J connectivity index is 1.72. The molecular formula is C22H22FN3O. The fourth-order valence-electron chi connectivity index (χ4n) is 2.80. The zero-order valence-electron chi connectivity index (χ0n) is 15.4. The highest BCUT2D eigenvalue weighted by atomic mass is 19.1. The van der Waals surface area contributed by atoms with Crippen molar-refractivity contribution in [2.45, 2.75) is 26.4 Å². The second kappa shape index (κ2) is 8.45. The molecule has 1 amide bonds. The second-order valence-corrected chi connectivity index (χ2v) is 6.57. The Hall–Kier alpha value is -3.21. The first kappa shape index (κ1) is 18.6. The number of amides is 1. The summed E-state index contributed by atoms with van der Waals surface area (Å²) in [5.41, 5.74) is 2.45. The lowest BCUT2D eigenvalue weighted by molar-refractivity contribution is 0.102. The van der Waals surface area contributed by atoms with Crippen LogP contribution in [0, 0.1) is 5.82 Å². The molecule has 138 valence electrons. The lowest BCUT2D eigenvalue weighted by Gasteiger charge is -2.29. The largest absolute Gasteiger partial charge is 0.364 e. The molecule has 0 spiro atoms. The topological polar surface area (TPSA) is 45.2 Å². The van der Waals surface area contributed by atoms with Gasteiger partial charge in [0.05, 0.1) is 11.9 Å². The summed E-state index contributed by atoms with van der Waals surface area (Å²) in [4.78, 5) is 18.8. The standard InChI is InChI=1S/C22H22FN3O/c1-16(2)26(15-17-7-4-3-5-8-17)20-11-12-21(24-14-20)25-22(27)18-9-6-10-19(23)13-18/h3-14,16H,15H2,1-2H3,(H,24,25,27). The molecule has 4 nitrogen and oxygen atoms in total. The number of carbonyl (C=O) groups is 1. The SMILES string of the molecule is CC(C)N(Cc1ccccc1)c1ccc(NC(=O)c2cccc(F)c2)nc1. The zero-order valence-corrected chi connectivity index (χ0v) is 15.4. The number of benzene rings is 2. The first-order valence-electron chi connectivity index (χ1n) is 8.86. The van der Waals surface area contributed by atoms with Gasteiger partial charge in [-0.05, 0) is 49.7 Å². The Morgan fingerprint density at radius 3 is 2.48 bits per heavy atom. The van der Waals surface area contributed by atoms with Crippen LogP contribution in [0.4, 0.5) is 15.9 Å². The van der Waals surface area contributed by atoms with Crippen LogP contribution in [-0.4, -0.2) is 16.9 Å². The molecule has 5 heteroatoms. The molecule has 0 atom stereocenters. The number of aromatic nitrogens is 1. The lowest BCUT2D eigenvalue weighted by atomic mass is 10.1. The van der Waals surface area contributed by atoms with Crippen molar-refractivity contribution in [3.63, 3.8) is 0 Å². The Labute approximate surface area is 158 Å². The summed E-state index contributed by atoms with van der Waals surface area (Å²) in [5, 5.41) is 2.70. The average Bonchev–Trinajstić information content (AvgIpc) is 2.67. The molecule has 0 saturated heterocycles. The lowest BCUT2D eigenvalue weighted by Crippen LogP contribution is -2.30. The highest BCUT2D eigenvalue weighted by Crippen LogP contribution is 2.21. The van der Waals surface area contributed by atoms with Gasteiger partial charge in [-0.1, -0.05) is 36.4 Å². The number of nitrogens with one attached hydrogen (secondary N) is 1. The van der Waals surface area contributed by atoms with Crippen molar-refractivity contribution in [1.29, 1.82) is 0 Å². The van der Waals surface area contributed by atoms with Crippen LogP contribution < -0.4 is 10.2 Å². The number of rotatable bonds is 6. The van der Waals surface area contributed by atoms with Crippen molar-refractivity contribution < 1.29 is 9.18 Å². The summed E-state index contributed by atoms with van der Waals surface area (Å²) in [6.07, 6.45) is 1.74. The molecule has 1 heterocycles. The molecule has 0 unspecified atom stereocenters. The van der Waals surface area contributed by atoms with Crippen LogP contribution in [0.2, 0.25) is 0 Å². The van der Waals surface area contributed by atoms with Gasteiger partial charge in [-0.3, -0.25) is 4.79 Å². The van der Waals surface area contributed by atoms with Crippen LogP contribution >= 0.6 is 0 Å². The van der Waals surface area contributed by atoms with E-state index in [2.05, 4.69) is 41.2 Å². The molecule has 0 aliphatic heterocycles. The van der Waals surface area contributed by atoms with Crippen LogP contribution in [-0.2, 0) is 6.54 Å². The molecule has 0 aliphatic rings. The third-order valence-electron chi connectivity index (χ3n) is 4.23. The normalized spacial score (nSPS) is 10.7. The molecule has 1 aromatic heterocycles. The van der Waals surface area contributed by atoms with Gasteiger partial charge < -0.3 is 10.2 Å². The maximum atomic E-state index is 13.3. The number of anilines is 2. The maximum absolute atomic E-state index is 13.3. The second-order valence-electron chi connectivity index (χ2n) is 6.57. The summed E-state index contributed by atoms with van der Waals surface area (Å²) >= 11 is 0. The van der Waals surface area contributed by atoms with Gasteiger partial charge in [-0.25, -0.2) is 9.37 Å². The molecular weight excluding hydrogens is 341 g/mol. The fourth-order valence-corrected chi connectivity index (χ4v) is 2.80. The van der Waals surface area contributed by atoms with E-state index in [0.717, 1.165) is 12.2 Å². The van der Waals surface area contributed by atoms with E-state index >= 15 is 0 Å². The number of carbonyl (C=O) groups excluding carboxylic acids is 1. The highest BCUT2D eigenvalue weighted by molar-refractivity contribution is 6.03. The van der Waals surface area contributed by atoms with Gasteiger partial charge >= 0.3 is 0 Å². The molecule has 3 rings (SSSR count). The Kier molecular flexibility index (Phi) is 5.81. The van der Waals surface area contributed by atoms with Gasteiger partial charge in [0.25, 0.3) is 5.91 Å². The quantitative estimate of drug-likeness (QED) is 0.678. The van der Waals surface area contributed by atoms with Crippen molar-refractivity contribution >= 4 is 17.4 Å². The first-order valence-corrected chi connectivity index (χ1v) is 8.86. The van der Waals surface area contributed by atoms with E-state index in [4.69, 9.17) is 0 Å². The predicted octanol–water partition coefficient (Wildman–Crippen LogP) is 4.89. The fraction of sp³-hybridized carbons (Fsp3) is 0.182. The van der Waals surface area contributed by atoms with E-state index in [1.165, 1.54) is 23.8 Å². The van der Waals surface area contributed by atoms with Crippen molar-refractivity contribution in [1.82, 2.24) is 4.98 Å². The van der Waals surface area contributed by atoms with Crippen LogP contribution in [0.3, 0.4) is 0 Å². The highest BCUT2D eigenvalue weighted by Gasteiger charge is 2.13. The number of nitrogens with zero attached hydrogens (tertiary/aromatic N) is 2. The Bertz CT molecular complexity index is 895. The molecule has 2 aromatic carbocycles. The van der Waals surface area contributed by atoms with Gasteiger partial charge in [0, 0.05) is 18.2 Å². The van der Waals surface area contributed by atoms with E-state index in [0.29, 0.717) is 11.9 Å². The minimum Gasteiger partial charge on any atom is -0.364 e. The minimum absolute atomic E-state index is 0.258. The Morgan fingerprint density at radius 2 is 1.85 bits per heavy atom. The van der Waals surface area contributed by atoms with Gasteiger partial charge in [0.15, 0.2) is 0 Å². The number of hydrogen-bond acceptors (Lipinski definition) is 3. The van der Waals surface area contributed by atoms with Gasteiger partial charge in [-0.15, -0.1) is 0 Å². The van der Waals surface area contributed by atoms with Gasteiger partial charge in [0.2, 0.25) is 0 Å². The third kappa shape index (κ3) is 4.91. The molecule has 3 aromatic rings. The number of pyridine rings is 1. The van der Waals surface area contributed by atoms with Crippen molar-refractivity contribution in [3.05, 3.63) is 89.9 Å². The van der Waals surface area contributed by atoms with Crippen LogP contribution in [0.25, 0.3) is 0 Å². The summed E-state index contributed by atoms with van der Waals surface area (Å²) in [6.45, 7) is 5.03. The summed E-state index contributed by atoms with van der Waals surface area (Å²) in [5.74, 6) is -0.407. The van der Waals surface area contributed by atoms with E-state index in [1.54, 1.807) is 18.3 Å². The number of hydrogen-bond donors (Lipinski definition) is 1. The van der Waals surface area contributed by atoms with E-state index in [1.807, 2.05) is 24.3 Å². The van der Waals surface area contributed by atoms with E-state index in [9.17, 15) is 9.18 Å². The van der Waals surface area contributed by atoms with Crippen LogP contribution in [0.15, 0.2) is 72.9 Å². The Morgan fingerprint density at radius 1 is 1.07 bits per heavy atom. The zero-order chi connectivity index (χ0) is 19.2. The molecule has 0 radical (unpaired) electrons. The van der Waals surface area contributed by atoms with Crippen LogP contribution in [0.1, 0.15) is 29.8 Å². The summed E-state index contributed by atoms with van der Waals surface area (Å²) in [6, 6.07) is 19.8. The molecule has 0 saturated carbocycles. The van der Waals surface area contributed by atoms with E-state index in [-0.39, 0.29) is 11.5 Å². The molecule has 27 heavy (non-hydrogen) atoms. The van der Waals surface area contributed by atoms with Crippen molar-refractivity contribution in [2.24, 2.45) is 0 Å². The number of halogens is 1. The average molecular weight is 363 g/mol. The molecule has 0 fully saturated rings.